The fourth-order valence-electron chi connectivity index (χ4n) is 5.26. The van der Waals surface area contributed by atoms with Gasteiger partial charge >= 0.3 is 0 Å². The molecule has 2 heterocycles. The molecule has 3 fully saturated rings. The maximum Gasteiger partial charge on any atom is 0.248 e. The number of nitrogens with one attached hydrogen (secondary N) is 1. The summed E-state index contributed by atoms with van der Waals surface area (Å²) in [4.78, 5) is 28.4. The third-order valence-electron chi connectivity index (χ3n) is 7.33. The maximum atomic E-state index is 13.8. The summed E-state index contributed by atoms with van der Waals surface area (Å²) in [5.41, 5.74) is 0.409. The second kappa shape index (κ2) is 9.22. The van der Waals surface area contributed by atoms with Gasteiger partial charge in [-0.2, -0.15) is 0 Å². The normalized spacial score (nSPS) is 29.1. The van der Waals surface area contributed by atoms with Crippen molar-refractivity contribution < 1.29 is 23.1 Å². The zero-order chi connectivity index (χ0) is 24.8. The number of β-amino-alcohol motifs (C(OH)–C–C–N with tert-alkyl or cyclic N) is 1. The van der Waals surface area contributed by atoms with E-state index < -0.39 is 33.4 Å². The van der Waals surface area contributed by atoms with Crippen molar-refractivity contribution in [3.8, 4) is 0 Å². The van der Waals surface area contributed by atoms with Gasteiger partial charge < -0.3 is 15.3 Å². The number of nitrogens with zero attached hydrogens (tertiary/aromatic N) is 4. The van der Waals surface area contributed by atoms with Crippen LogP contribution >= 0.6 is 0 Å². The van der Waals surface area contributed by atoms with Gasteiger partial charge in [0.05, 0.1) is 17.0 Å². The summed E-state index contributed by atoms with van der Waals surface area (Å²) in [6.07, 6.45) is 6.86. The van der Waals surface area contributed by atoms with Gasteiger partial charge in [-0.05, 0) is 43.9 Å². The van der Waals surface area contributed by atoms with E-state index in [9.17, 15) is 23.1 Å². The first kappa shape index (κ1) is 25.1. The molecular formula is C23H37N5O5S. The molecule has 11 heteroatoms. The maximum absolute atomic E-state index is 13.8. The summed E-state index contributed by atoms with van der Waals surface area (Å²) in [5, 5.41) is 21.5. The van der Waals surface area contributed by atoms with Crippen molar-refractivity contribution in [1.29, 1.82) is 0 Å². The standard InChI is InChI=1S/C23H37N5O5S/c1-23(2,3)20(28-13-18(25-26-28)14-5-6-14)22(31)27-12-16(29)11-19(27)21(30)24-15-7-9-17(10-8-15)34(4,32)33/h13-17,19-20,29H,5-12H2,1-4H3,(H,24,30)/t15-,16-,17+,19+,20-/m1/s1. The number of likely N-dealkylation sites (tertiary alicyclic amines) is 1. The van der Waals surface area contributed by atoms with Crippen LogP contribution in [0.15, 0.2) is 6.20 Å². The van der Waals surface area contributed by atoms with Gasteiger partial charge in [0.1, 0.15) is 21.9 Å². The lowest BCUT2D eigenvalue weighted by Crippen LogP contribution is -2.52. The summed E-state index contributed by atoms with van der Waals surface area (Å²) in [6.45, 7) is 5.95. The van der Waals surface area contributed by atoms with Crippen LogP contribution < -0.4 is 5.32 Å². The van der Waals surface area contributed by atoms with Gasteiger partial charge in [0.2, 0.25) is 11.8 Å². The Bertz CT molecular complexity index is 1020. The molecule has 190 valence electrons. The summed E-state index contributed by atoms with van der Waals surface area (Å²) < 4.78 is 25.2. The largest absolute Gasteiger partial charge is 0.391 e. The fraction of sp³-hybridized carbons (Fsp3) is 0.826. The van der Waals surface area contributed by atoms with Crippen molar-refractivity contribution in [1.82, 2.24) is 25.2 Å². The Hall–Kier alpha value is -2.01. The third kappa shape index (κ3) is 5.45. The zero-order valence-electron chi connectivity index (χ0n) is 20.5. The number of hydrogen-bond donors (Lipinski definition) is 2. The van der Waals surface area contributed by atoms with Gasteiger partial charge in [0, 0.05) is 37.4 Å². The van der Waals surface area contributed by atoms with Gasteiger partial charge in [-0.3, -0.25) is 9.59 Å². The number of hydrogen-bond acceptors (Lipinski definition) is 7. The number of rotatable bonds is 6. The van der Waals surface area contributed by atoms with Crippen LogP contribution in [0, 0.1) is 5.41 Å². The van der Waals surface area contributed by atoms with E-state index in [1.165, 1.54) is 11.2 Å². The van der Waals surface area contributed by atoms with Gasteiger partial charge in [-0.1, -0.05) is 26.0 Å². The van der Waals surface area contributed by atoms with E-state index in [-0.39, 0.29) is 36.1 Å². The molecule has 2 N–H and O–H groups in total. The lowest BCUT2D eigenvalue weighted by Gasteiger charge is -2.35. The average molecular weight is 496 g/mol. The molecule has 1 aromatic heterocycles. The highest BCUT2D eigenvalue weighted by Gasteiger charge is 2.46. The predicted octanol–water partition coefficient (Wildman–Crippen LogP) is 1.18. The van der Waals surface area contributed by atoms with E-state index in [2.05, 4.69) is 15.6 Å². The lowest BCUT2D eigenvalue weighted by atomic mass is 9.85. The van der Waals surface area contributed by atoms with Crippen molar-refractivity contribution in [2.75, 3.05) is 12.8 Å². The highest BCUT2D eigenvalue weighted by molar-refractivity contribution is 7.91. The number of aliphatic hydroxyl groups is 1. The molecule has 3 aliphatic rings. The first-order valence-electron chi connectivity index (χ1n) is 12.2. The first-order chi connectivity index (χ1) is 15.8. The van der Waals surface area contributed by atoms with Gasteiger partial charge in [-0.25, -0.2) is 13.1 Å². The Kier molecular flexibility index (Phi) is 6.80. The Labute approximate surface area is 201 Å². The van der Waals surface area contributed by atoms with Gasteiger partial charge in [0.15, 0.2) is 0 Å². The van der Waals surface area contributed by atoms with Crippen LogP contribution in [0.4, 0.5) is 0 Å². The summed E-state index contributed by atoms with van der Waals surface area (Å²) in [5.74, 6) is -0.135. The van der Waals surface area contributed by atoms with E-state index in [0.29, 0.717) is 31.6 Å². The van der Waals surface area contributed by atoms with Gasteiger partial charge in [-0.15, -0.1) is 5.10 Å². The van der Waals surface area contributed by atoms with E-state index >= 15 is 0 Å². The molecule has 2 amide bonds. The highest BCUT2D eigenvalue weighted by Crippen LogP contribution is 2.40. The topological polar surface area (TPSA) is 134 Å². The molecule has 3 atom stereocenters. The Morgan fingerprint density at radius 1 is 1.15 bits per heavy atom. The van der Waals surface area contributed by atoms with Crippen molar-refractivity contribution in [2.45, 2.75) is 101 Å². The molecular weight excluding hydrogens is 458 g/mol. The number of amides is 2. The molecule has 1 saturated heterocycles. The van der Waals surface area contributed by atoms with Crippen molar-refractivity contribution in [3.05, 3.63) is 11.9 Å². The minimum atomic E-state index is -3.08. The molecule has 0 radical (unpaired) electrons. The highest BCUT2D eigenvalue weighted by atomic mass is 32.2. The second-order valence-corrected chi connectivity index (χ2v) is 13.7. The van der Waals surface area contributed by atoms with E-state index in [4.69, 9.17) is 0 Å². The molecule has 0 spiro atoms. The quantitative estimate of drug-likeness (QED) is 0.605. The lowest BCUT2D eigenvalue weighted by molar-refractivity contribution is -0.144. The number of sulfone groups is 1. The van der Waals surface area contributed by atoms with Crippen LogP contribution in [-0.2, 0) is 19.4 Å². The van der Waals surface area contributed by atoms with Crippen LogP contribution in [0.5, 0.6) is 0 Å². The third-order valence-corrected chi connectivity index (χ3v) is 9.02. The van der Waals surface area contributed by atoms with Crippen molar-refractivity contribution in [2.24, 2.45) is 5.41 Å². The Morgan fingerprint density at radius 2 is 1.79 bits per heavy atom. The zero-order valence-corrected chi connectivity index (χ0v) is 21.3. The molecule has 1 aliphatic heterocycles. The van der Waals surface area contributed by atoms with E-state index in [0.717, 1.165) is 18.5 Å². The molecule has 0 aromatic carbocycles. The predicted molar refractivity (Wildman–Crippen MR) is 126 cm³/mol. The first-order valence-corrected chi connectivity index (χ1v) is 14.2. The molecule has 2 aliphatic carbocycles. The molecule has 0 bridgehead atoms. The number of carbonyl (C=O) groups is 2. The molecule has 2 saturated carbocycles. The molecule has 4 rings (SSSR count). The van der Waals surface area contributed by atoms with Crippen LogP contribution in [0.25, 0.3) is 0 Å². The van der Waals surface area contributed by atoms with E-state index in [1.807, 2.05) is 27.0 Å². The monoisotopic (exact) mass is 495 g/mol. The smallest absolute Gasteiger partial charge is 0.248 e. The van der Waals surface area contributed by atoms with E-state index in [1.54, 1.807) is 4.68 Å². The number of aromatic nitrogens is 3. The van der Waals surface area contributed by atoms with Crippen LogP contribution in [0.1, 0.15) is 83.4 Å². The molecule has 34 heavy (non-hydrogen) atoms. The molecule has 10 nitrogen and oxygen atoms in total. The number of aliphatic hydroxyl groups excluding tert-OH is 1. The SMILES string of the molecule is CC(C)(C)[C@@H](C(=O)N1C[C@H](O)C[C@H]1C(=O)N[C@H]1CC[C@@H](S(C)(=O)=O)CC1)n1cc(C2CC2)nn1. The average Bonchev–Trinajstić information content (AvgIpc) is 3.34. The van der Waals surface area contributed by atoms with Crippen LogP contribution in [-0.4, -0.2) is 81.5 Å². The number of carbonyl (C=O) groups excluding carboxylic acids is 2. The second-order valence-electron chi connectivity index (χ2n) is 11.4. The Morgan fingerprint density at radius 3 is 2.35 bits per heavy atom. The summed E-state index contributed by atoms with van der Waals surface area (Å²) in [7, 11) is -3.08. The van der Waals surface area contributed by atoms with Gasteiger partial charge in [0.25, 0.3) is 0 Å². The Balaban J connectivity index is 1.47. The van der Waals surface area contributed by atoms with Crippen LogP contribution in [0.2, 0.25) is 0 Å². The fourth-order valence-corrected chi connectivity index (χ4v) is 6.39. The minimum absolute atomic E-state index is 0.0918. The van der Waals surface area contributed by atoms with Crippen LogP contribution in [0.3, 0.4) is 0 Å². The molecule has 1 aromatic rings. The van der Waals surface area contributed by atoms with Crippen molar-refractivity contribution in [3.63, 3.8) is 0 Å². The molecule has 0 unspecified atom stereocenters. The summed E-state index contributed by atoms with van der Waals surface area (Å²) >= 11 is 0. The summed E-state index contributed by atoms with van der Waals surface area (Å²) in [6, 6.07) is -1.56. The minimum Gasteiger partial charge on any atom is -0.391 e. The van der Waals surface area contributed by atoms with Crippen molar-refractivity contribution >= 4 is 21.7 Å².